The van der Waals surface area contributed by atoms with Crippen molar-refractivity contribution in [1.29, 1.82) is 0 Å². The molecule has 3 atom stereocenters. The van der Waals surface area contributed by atoms with Crippen LogP contribution in [0.25, 0.3) is 0 Å². The quantitative estimate of drug-likeness (QED) is 0.740. The van der Waals surface area contributed by atoms with E-state index in [-0.39, 0.29) is 29.7 Å². The normalized spacial score (nSPS) is 27.9. The molecule has 0 spiro atoms. The van der Waals surface area contributed by atoms with Gasteiger partial charge in [0.25, 0.3) is 0 Å². The second kappa shape index (κ2) is 8.30. The average molecular weight is 442 g/mol. The Morgan fingerprint density at radius 3 is 2.58 bits per heavy atom. The lowest BCUT2D eigenvalue weighted by atomic mass is 9.82. The Balaban J connectivity index is 1.43. The van der Waals surface area contributed by atoms with Crippen LogP contribution in [0.3, 0.4) is 0 Å². The van der Waals surface area contributed by atoms with Crippen LogP contribution in [0, 0.1) is 5.41 Å². The Hall–Kier alpha value is -1.77. The highest BCUT2D eigenvalue weighted by molar-refractivity contribution is 5.78. The number of carbonyl (C=O) groups is 1. The monoisotopic (exact) mass is 441 g/mol. The second-order valence-corrected chi connectivity index (χ2v) is 10.5. The van der Waals surface area contributed by atoms with Crippen molar-refractivity contribution in [3.05, 3.63) is 11.8 Å². The number of nitrogens with zero attached hydrogens (tertiary/aromatic N) is 3. The number of anilines is 1. The maximum absolute atomic E-state index is 13.8. The number of carbonyl (C=O) groups excluding carboxylic acids is 1. The zero-order valence-corrected chi connectivity index (χ0v) is 18.6. The number of nitrogens with one attached hydrogen (secondary N) is 2. The third-order valence-corrected chi connectivity index (χ3v) is 7.03. The van der Waals surface area contributed by atoms with Crippen molar-refractivity contribution in [2.24, 2.45) is 5.41 Å². The fourth-order valence-electron chi connectivity index (χ4n) is 5.13. The number of alkyl halides is 3. The number of aromatic nitrogens is 2. The van der Waals surface area contributed by atoms with E-state index in [0.29, 0.717) is 30.6 Å². The number of amides is 1. The van der Waals surface area contributed by atoms with Crippen LogP contribution < -0.4 is 10.6 Å². The first-order valence-electron chi connectivity index (χ1n) is 11.4. The lowest BCUT2D eigenvalue weighted by Crippen LogP contribution is -2.44. The highest BCUT2D eigenvalue weighted by atomic mass is 19.4. The van der Waals surface area contributed by atoms with Crippen LogP contribution in [0.5, 0.6) is 0 Å². The molecular weight excluding hydrogens is 407 g/mol. The molecular formula is C22H34F3N5O. The topological polar surface area (TPSA) is 62.2 Å². The lowest BCUT2D eigenvalue weighted by Gasteiger charge is -2.39. The molecule has 3 heterocycles. The molecule has 1 saturated heterocycles. The molecule has 0 bridgehead atoms. The molecule has 3 aliphatic rings. The third kappa shape index (κ3) is 5.02. The van der Waals surface area contributed by atoms with Crippen LogP contribution in [0.1, 0.15) is 76.9 Å². The molecule has 2 N–H and O–H groups in total. The molecule has 2 aliphatic heterocycles. The van der Waals surface area contributed by atoms with E-state index in [1.807, 2.05) is 20.8 Å². The van der Waals surface area contributed by atoms with Crippen LogP contribution in [0.15, 0.2) is 6.07 Å². The molecule has 0 aromatic carbocycles. The van der Waals surface area contributed by atoms with Crippen molar-refractivity contribution in [2.45, 2.75) is 89.5 Å². The fraction of sp³-hybridized carbons (Fsp3) is 0.818. The first-order valence-corrected chi connectivity index (χ1v) is 11.4. The second-order valence-electron chi connectivity index (χ2n) is 10.5. The van der Waals surface area contributed by atoms with Gasteiger partial charge in [-0.15, -0.1) is 0 Å². The first kappa shape index (κ1) is 22.4. The predicted octanol–water partition coefficient (Wildman–Crippen LogP) is 4.06. The van der Waals surface area contributed by atoms with Crippen molar-refractivity contribution < 1.29 is 18.0 Å². The molecule has 31 heavy (non-hydrogen) atoms. The molecule has 3 unspecified atom stereocenters. The summed E-state index contributed by atoms with van der Waals surface area (Å²) in [4.78, 5) is 14.4. The molecule has 1 aromatic heterocycles. The van der Waals surface area contributed by atoms with Gasteiger partial charge < -0.3 is 10.6 Å². The van der Waals surface area contributed by atoms with E-state index in [1.54, 1.807) is 6.07 Å². The summed E-state index contributed by atoms with van der Waals surface area (Å²) in [5.41, 5.74) is 0.390. The minimum Gasteiger partial charge on any atom is -0.367 e. The Kier molecular flexibility index (Phi) is 6.00. The smallest absolute Gasteiger partial charge is 0.367 e. The summed E-state index contributed by atoms with van der Waals surface area (Å²) >= 11 is 0. The fourth-order valence-corrected chi connectivity index (χ4v) is 5.13. The number of likely N-dealkylation sites (tertiary alicyclic amines) is 1. The number of halogens is 3. The molecule has 1 aliphatic carbocycles. The Morgan fingerprint density at radius 2 is 1.94 bits per heavy atom. The van der Waals surface area contributed by atoms with Gasteiger partial charge in [-0.1, -0.05) is 33.6 Å². The van der Waals surface area contributed by atoms with Crippen molar-refractivity contribution in [3.63, 3.8) is 0 Å². The molecule has 2 fully saturated rings. The summed E-state index contributed by atoms with van der Waals surface area (Å²) in [6.45, 7) is 7.61. The summed E-state index contributed by atoms with van der Waals surface area (Å²) in [5.74, 6) is 0.533. The predicted molar refractivity (Wildman–Crippen MR) is 113 cm³/mol. The van der Waals surface area contributed by atoms with E-state index in [4.69, 9.17) is 0 Å². The van der Waals surface area contributed by atoms with Gasteiger partial charge in [-0.2, -0.15) is 18.3 Å². The molecule has 9 heteroatoms. The summed E-state index contributed by atoms with van der Waals surface area (Å²) in [6.07, 6.45) is 0.875. The number of fused-ring (bicyclic) bond motifs is 1. The van der Waals surface area contributed by atoms with E-state index in [9.17, 15) is 18.0 Å². The van der Waals surface area contributed by atoms with Crippen molar-refractivity contribution in [3.8, 4) is 0 Å². The van der Waals surface area contributed by atoms with E-state index in [2.05, 4.69) is 20.6 Å². The van der Waals surface area contributed by atoms with Gasteiger partial charge in [-0.25, -0.2) is 4.68 Å². The minimum absolute atomic E-state index is 0.0285. The average Bonchev–Trinajstić information content (AvgIpc) is 3.38. The Bertz CT molecular complexity index is 794. The number of hydrogen-bond donors (Lipinski definition) is 2. The van der Waals surface area contributed by atoms with E-state index < -0.39 is 12.2 Å². The Labute approximate surface area is 181 Å². The zero-order valence-electron chi connectivity index (χ0n) is 18.6. The summed E-state index contributed by atoms with van der Waals surface area (Å²) in [7, 11) is 0. The lowest BCUT2D eigenvalue weighted by molar-refractivity contribution is -0.175. The van der Waals surface area contributed by atoms with Gasteiger partial charge in [0.1, 0.15) is 5.82 Å². The Morgan fingerprint density at radius 1 is 1.23 bits per heavy atom. The van der Waals surface area contributed by atoms with E-state index in [1.165, 1.54) is 12.8 Å². The maximum Gasteiger partial charge on any atom is 0.410 e. The molecule has 174 valence electrons. The minimum atomic E-state index is -4.34. The maximum atomic E-state index is 13.8. The van der Waals surface area contributed by atoms with Gasteiger partial charge in [-0.3, -0.25) is 9.69 Å². The molecule has 1 amide bonds. The summed E-state index contributed by atoms with van der Waals surface area (Å²) < 4.78 is 42.5. The molecule has 6 nitrogen and oxygen atoms in total. The van der Waals surface area contributed by atoms with Gasteiger partial charge in [0, 0.05) is 30.6 Å². The molecule has 1 aromatic rings. The standard InChI is InChI=1S/C22H34F3N5O/c1-21(2,3)17-11-18(22(23,24)25)30-19(27-17)10-16(28-30)14-8-9-29(12-14)13-20(31)26-15-6-4-5-7-15/h10,14-15,17-18,27H,4-9,11-13H2,1-3H3,(H,26,31). The van der Waals surface area contributed by atoms with Crippen LogP contribution in [0.2, 0.25) is 0 Å². The van der Waals surface area contributed by atoms with Crippen LogP contribution in [-0.4, -0.2) is 58.5 Å². The van der Waals surface area contributed by atoms with Gasteiger partial charge in [0.15, 0.2) is 6.04 Å². The van der Waals surface area contributed by atoms with Crippen molar-refractivity contribution in [2.75, 3.05) is 25.0 Å². The molecule has 0 radical (unpaired) electrons. The van der Waals surface area contributed by atoms with Gasteiger partial charge in [0.05, 0.1) is 12.2 Å². The highest BCUT2D eigenvalue weighted by Crippen LogP contribution is 2.44. The number of hydrogen-bond acceptors (Lipinski definition) is 4. The van der Waals surface area contributed by atoms with Crippen LogP contribution in [0.4, 0.5) is 19.0 Å². The van der Waals surface area contributed by atoms with Crippen molar-refractivity contribution in [1.82, 2.24) is 20.0 Å². The molecule has 4 rings (SSSR count). The van der Waals surface area contributed by atoms with Crippen LogP contribution in [-0.2, 0) is 4.79 Å². The van der Waals surface area contributed by atoms with Gasteiger partial charge in [-0.05, 0) is 37.6 Å². The summed E-state index contributed by atoms with van der Waals surface area (Å²) in [6, 6.07) is 0.183. The highest BCUT2D eigenvalue weighted by Gasteiger charge is 2.48. The van der Waals surface area contributed by atoms with Crippen molar-refractivity contribution >= 4 is 11.7 Å². The third-order valence-electron chi connectivity index (χ3n) is 7.03. The summed E-state index contributed by atoms with van der Waals surface area (Å²) in [5, 5.41) is 10.8. The van der Waals surface area contributed by atoms with Gasteiger partial charge in [0.2, 0.25) is 5.91 Å². The number of rotatable bonds is 4. The van der Waals surface area contributed by atoms with Gasteiger partial charge >= 0.3 is 6.18 Å². The largest absolute Gasteiger partial charge is 0.410 e. The molecule has 1 saturated carbocycles. The van der Waals surface area contributed by atoms with Crippen LogP contribution >= 0.6 is 0 Å². The van der Waals surface area contributed by atoms with E-state index >= 15 is 0 Å². The zero-order chi connectivity index (χ0) is 22.4. The van der Waals surface area contributed by atoms with E-state index in [0.717, 1.165) is 30.5 Å². The SMILES string of the molecule is CC(C)(C)C1CC(C(F)(F)F)n2nc(C3CCN(CC(=O)NC4CCCC4)C3)cc2N1. The first-order chi connectivity index (χ1) is 14.5.